The van der Waals surface area contributed by atoms with Crippen LogP contribution in [-0.4, -0.2) is 50.6 Å². The van der Waals surface area contributed by atoms with Gasteiger partial charge < -0.3 is 14.7 Å². The summed E-state index contributed by atoms with van der Waals surface area (Å²) in [6.45, 7) is 4.93. The molecule has 0 aliphatic carbocycles. The Balaban J connectivity index is 0.00000256. The number of nitrogens with zero attached hydrogens (tertiary/aromatic N) is 3. The number of rotatable bonds is 4. The summed E-state index contributed by atoms with van der Waals surface area (Å²) in [6, 6.07) is 14.0. The second kappa shape index (κ2) is 10.2. The van der Waals surface area contributed by atoms with Crippen molar-refractivity contribution in [2.75, 3.05) is 49.6 Å². The Labute approximate surface area is 195 Å². The Bertz CT molecular complexity index is 884. The summed E-state index contributed by atoms with van der Waals surface area (Å²) in [4.78, 5) is 20.0. The van der Waals surface area contributed by atoms with Crippen molar-refractivity contribution in [2.24, 2.45) is 5.92 Å². The van der Waals surface area contributed by atoms with Gasteiger partial charge >= 0.3 is 0 Å². The molecule has 2 saturated heterocycles. The summed E-state index contributed by atoms with van der Waals surface area (Å²) in [6.07, 6.45) is 2.69. The van der Waals surface area contributed by atoms with Crippen molar-refractivity contribution in [1.82, 2.24) is 4.90 Å². The molecule has 4 nitrogen and oxygen atoms in total. The molecule has 0 N–H and O–H groups in total. The second-order valence-corrected chi connectivity index (χ2v) is 8.87. The van der Waals surface area contributed by atoms with Gasteiger partial charge in [-0.15, -0.1) is 12.4 Å². The summed E-state index contributed by atoms with van der Waals surface area (Å²) in [5, 5.41) is 0.997. The average Bonchev–Trinajstić information content (AvgIpc) is 2.73. The van der Waals surface area contributed by atoms with E-state index in [1.165, 1.54) is 11.3 Å². The van der Waals surface area contributed by atoms with Gasteiger partial charge in [-0.1, -0.05) is 41.4 Å². The van der Waals surface area contributed by atoms with Crippen LogP contribution in [0.1, 0.15) is 18.4 Å². The van der Waals surface area contributed by atoms with Gasteiger partial charge in [-0.25, -0.2) is 0 Å². The zero-order valence-corrected chi connectivity index (χ0v) is 19.5. The van der Waals surface area contributed by atoms with Gasteiger partial charge in [0.2, 0.25) is 5.91 Å². The molecular weight excluding hydrogens is 441 g/mol. The fourth-order valence-electron chi connectivity index (χ4n) is 4.35. The van der Waals surface area contributed by atoms with Crippen LogP contribution >= 0.6 is 35.6 Å². The highest BCUT2D eigenvalue weighted by Gasteiger charge is 2.31. The molecule has 2 aliphatic rings. The lowest BCUT2D eigenvalue weighted by atomic mass is 9.89. The number of carbonyl (C=O) groups excluding carboxylic acids is 1. The van der Waals surface area contributed by atoms with E-state index in [1.807, 2.05) is 11.0 Å². The van der Waals surface area contributed by atoms with E-state index in [0.717, 1.165) is 57.7 Å². The highest BCUT2D eigenvalue weighted by Crippen LogP contribution is 2.33. The minimum Gasteiger partial charge on any atom is -0.369 e. The third kappa shape index (κ3) is 5.05. The minimum absolute atomic E-state index is 0. The first-order chi connectivity index (χ1) is 14.0. The van der Waals surface area contributed by atoms with Crippen LogP contribution in [0.25, 0.3) is 0 Å². The Kier molecular flexibility index (Phi) is 7.92. The Morgan fingerprint density at radius 1 is 0.967 bits per heavy atom. The van der Waals surface area contributed by atoms with E-state index in [-0.39, 0.29) is 24.2 Å². The molecular formula is C23H28Cl3N3O. The van der Waals surface area contributed by atoms with Crippen LogP contribution in [0.2, 0.25) is 10.0 Å². The molecule has 2 fully saturated rings. The number of hydrogen-bond acceptors (Lipinski definition) is 3. The zero-order valence-electron chi connectivity index (χ0n) is 17.2. The third-order valence-electron chi connectivity index (χ3n) is 6.07. The molecule has 2 aromatic rings. The monoisotopic (exact) mass is 467 g/mol. The number of likely N-dealkylation sites (N-methyl/N-ethyl adjacent to an activating group) is 1. The van der Waals surface area contributed by atoms with E-state index in [2.05, 4.69) is 41.1 Å². The number of para-hydroxylation sites is 1. The fourth-order valence-corrected chi connectivity index (χ4v) is 4.65. The average molecular weight is 469 g/mol. The standard InChI is InChI=1S/C23H27Cl2N3O.ClH/c1-26-11-13-27(14-12-26)22-7-3-2-5-17(22)15-18-6-4-10-28(23(18)29)19-8-9-20(24)21(25)16-19;/h2-3,5,7-9,16,18H,4,6,10-15H2,1H3;1H. The van der Waals surface area contributed by atoms with Crippen LogP contribution in [0, 0.1) is 5.92 Å². The Morgan fingerprint density at radius 3 is 2.43 bits per heavy atom. The van der Waals surface area contributed by atoms with E-state index < -0.39 is 0 Å². The van der Waals surface area contributed by atoms with Gasteiger partial charge in [-0.3, -0.25) is 4.79 Å². The first-order valence-corrected chi connectivity index (χ1v) is 11.1. The molecule has 1 amide bonds. The first-order valence-electron chi connectivity index (χ1n) is 10.3. The Morgan fingerprint density at radius 2 is 1.70 bits per heavy atom. The molecule has 2 aromatic carbocycles. The molecule has 162 valence electrons. The maximum Gasteiger partial charge on any atom is 0.230 e. The summed E-state index contributed by atoms with van der Waals surface area (Å²) < 4.78 is 0. The van der Waals surface area contributed by atoms with Crippen LogP contribution in [0.3, 0.4) is 0 Å². The van der Waals surface area contributed by atoms with E-state index in [1.54, 1.807) is 12.1 Å². The van der Waals surface area contributed by atoms with Crippen LogP contribution in [0.5, 0.6) is 0 Å². The van der Waals surface area contributed by atoms with Crippen LogP contribution in [0.4, 0.5) is 11.4 Å². The number of hydrogen-bond donors (Lipinski definition) is 0. The van der Waals surface area contributed by atoms with Crippen LogP contribution < -0.4 is 9.80 Å². The predicted molar refractivity (Wildman–Crippen MR) is 129 cm³/mol. The van der Waals surface area contributed by atoms with Crippen LogP contribution in [0.15, 0.2) is 42.5 Å². The molecule has 0 bridgehead atoms. The predicted octanol–water partition coefficient (Wildman–Crippen LogP) is 5.15. The van der Waals surface area contributed by atoms with E-state index in [9.17, 15) is 4.79 Å². The molecule has 2 aliphatic heterocycles. The highest BCUT2D eigenvalue weighted by atomic mass is 35.5. The lowest BCUT2D eigenvalue weighted by Crippen LogP contribution is -2.45. The molecule has 0 saturated carbocycles. The largest absolute Gasteiger partial charge is 0.369 e. The van der Waals surface area contributed by atoms with Crippen LogP contribution in [-0.2, 0) is 11.2 Å². The van der Waals surface area contributed by atoms with Gasteiger partial charge in [0.25, 0.3) is 0 Å². The number of benzene rings is 2. The maximum absolute atomic E-state index is 13.3. The van der Waals surface area contributed by atoms with Gasteiger partial charge in [0.1, 0.15) is 0 Å². The highest BCUT2D eigenvalue weighted by molar-refractivity contribution is 6.42. The van der Waals surface area contributed by atoms with Crippen molar-refractivity contribution in [3.8, 4) is 0 Å². The number of halogens is 3. The van der Waals surface area contributed by atoms with Gasteiger partial charge in [0.05, 0.1) is 10.0 Å². The number of piperidine rings is 1. The van der Waals surface area contributed by atoms with Gasteiger partial charge in [-0.05, 0) is 56.1 Å². The van der Waals surface area contributed by atoms with Gasteiger partial charge in [0.15, 0.2) is 0 Å². The van der Waals surface area contributed by atoms with Gasteiger partial charge in [0, 0.05) is 50.0 Å². The number of amides is 1. The summed E-state index contributed by atoms with van der Waals surface area (Å²) in [7, 11) is 2.17. The van der Waals surface area contributed by atoms with Crippen molar-refractivity contribution in [2.45, 2.75) is 19.3 Å². The third-order valence-corrected chi connectivity index (χ3v) is 6.81. The lowest BCUT2D eigenvalue weighted by Gasteiger charge is -2.36. The number of piperazine rings is 1. The van der Waals surface area contributed by atoms with E-state index in [0.29, 0.717) is 10.0 Å². The summed E-state index contributed by atoms with van der Waals surface area (Å²) in [5.41, 5.74) is 3.38. The molecule has 2 heterocycles. The maximum atomic E-state index is 13.3. The molecule has 1 atom stereocenters. The zero-order chi connectivity index (χ0) is 20.4. The number of carbonyl (C=O) groups is 1. The summed E-state index contributed by atoms with van der Waals surface area (Å²) >= 11 is 12.2. The molecule has 4 rings (SSSR count). The minimum atomic E-state index is -0.00758. The van der Waals surface area contributed by atoms with Crippen molar-refractivity contribution < 1.29 is 4.79 Å². The molecule has 30 heavy (non-hydrogen) atoms. The van der Waals surface area contributed by atoms with Crippen molar-refractivity contribution in [3.05, 3.63) is 58.1 Å². The smallest absolute Gasteiger partial charge is 0.230 e. The van der Waals surface area contributed by atoms with Crippen molar-refractivity contribution >= 4 is 52.9 Å². The molecule has 0 aromatic heterocycles. The van der Waals surface area contributed by atoms with Crippen molar-refractivity contribution in [1.29, 1.82) is 0 Å². The first kappa shape index (κ1) is 23.2. The summed E-state index contributed by atoms with van der Waals surface area (Å²) in [5.74, 6) is 0.176. The van der Waals surface area contributed by atoms with E-state index >= 15 is 0 Å². The molecule has 1 unspecified atom stereocenters. The SMILES string of the molecule is CN1CCN(c2ccccc2CC2CCCN(c3ccc(Cl)c(Cl)c3)C2=O)CC1.Cl. The molecule has 7 heteroatoms. The second-order valence-electron chi connectivity index (χ2n) is 8.05. The van der Waals surface area contributed by atoms with Crippen molar-refractivity contribution in [3.63, 3.8) is 0 Å². The topological polar surface area (TPSA) is 26.8 Å². The fraction of sp³-hybridized carbons (Fsp3) is 0.435. The van der Waals surface area contributed by atoms with E-state index in [4.69, 9.17) is 23.2 Å². The molecule has 0 spiro atoms. The molecule has 0 radical (unpaired) electrons. The van der Waals surface area contributed by atoms with Gasteiger partial charge in [-0.2, -0.15) is 0 Å². The lowest BCUT2D eigenvalue weighted by molar-refractivity contribution is -0.123. The normalized spacial score (nSPS) is 20.2. The quantitative estimate of drug-likeness (QED) is 0.620. The Hall–Kier alpha value is -1.46. The number of anilines is 2.